The maximum Gasteiger partial charge on any atom is 0.243 e. The Balaban J connectivity index is 2.10. The average Bonchev–Trinajstić information content (AvgIpc) is 2.67. The Morgan fingerprint density at radius 3 is 2.21 bits per heavy atom. The van der Waals surface area contributed by atoms with Gasteiger partial charge < -0.3 is 10.2 Å². The summed E-state index contributed by atoms with van der Waals surface area (Å²) in [6.07, 6.45) is 0.994. The molecule has 158 valence electrons. The first kappa shape index (κ1) is 22.7. The third-order valence-corrected chi connectivity index (χ3v) is 5.92. The van der Waals surface area contributed by atoms with Crippen LogP contribution in [0.4, 0.5) is 15.8 Å². The molecule has 0 saturated heterocycles. The molecule has 8 heteroatoms. The molecule has 0 aliphatic rings. The molecule has 2 aromatic rings. The van der Waals surface area contributed by atoms with E-state index < -0.39 is 27.8 Å². The van der Waals surface area contributed by atoms with Crippen LogP contribution in [0.25, 0.3) is 0 Å². The number of nitrogens with one attached hydrogen (secondary N) is 1. The van der Waals surface area contributed by atoms with Crippen LogP contribution < -0.4 is 14.5 Å². The molecule has 1 unspecified atom stereocenters. The van der Waals surface area contributed by atoms with Crippen molar-refractivity contribution in [3.8, 4) is 0 Å². The number of halogens is 1. The van der Waals surface area contributed by atoms with Crippen LogP contribution in [0.5, 0.6) is 0 Å². The van der Waals surface area contributed by atoms with Crippen LogP contribution in [0.15, 0.2) is 48.5 Å². The second-order valence-electron chi connectivity index (χ2n) is 6.77. The van der Waals surface area contributed by atoms with E-state index >= 15 is 0 Å². The molecule has 1 amide bonds. The number of amides is 1. The first-order chi connectivity index (χ1) is 13.7. The van der Waals surface area contributed by atoms with Crippen molar-refractivity contribution < 1.29 is 17.6 Å². The number of anilines is 2. The van der Waals surface area contributed by atoms with Gasteiger partial charge >= 0.3 is 0 Å². The number of hydrogen-bond acceptors (Lipinski definition) is 4. The van der Waals surface area contributed by atoms with Crippen molar-refractivity contribution in [2.24, 2.45) is 0 Å². The van der Waals surface area contributed by atoms with Crippen LogP contribution in [0.2, 0.25) is 0 Å². The Morgan fingerprint density at radius 2 is 1.69 bits per heavy atom. The van der Waals surface area contributed by atoms with Crippen LogP contribution in [0.3, 0.4) is 0 Å². The molecule has 0 bridgehead atoms. The lowest BCUT2D eigenvalue weighted by atomic mass is 10.2. The van der Waals surface area contributed by atoms with Crippen molar-refractivity contribution in [1.29, 1.82) is 0 Å². The van der Waals surface area contributed by atoms with Gasteiger partial charge in [-0.25, -0.2) is 12.8 Å². The Labute approximate surface area is 172 Å². The predicted octanol–water partition coefficient (Wildman–Crippen LogP) is 3.14. The summed E-state index contributed by atoms with van der Waals surface area (Å²) in [7, 11) is -3.78. The van der Waals surface area contributed by atoms with E-state index in [1.807, 2.05) is 24.3 Å². The molecule has 0 heterocycles. The summed E-state index contributed by atoms with van der Waals surface area (Å²) >= 11 is 0. The van der Waals surface area contributed by atoms with Crippen molar-refractivity contribution >= 4 is 27.3 Å². The van der Waals surface area contributed by atoms with Gasteiger partial charge in [0.15, 0.2) is 0 Å². The smallest absolute Gasteiger partial charge is 0.243 e. The van der Waals surface area contributed by atoms with E-state index in [0.717, 1.165) is 41.0 Å². The highest BCUT2D eigenvalue weighted by Crippen LogP contribution is 2.22. The minimum absolute atomic E-state index is 0.110. The van der Waals surface area contributed by atoms with Gasteiger partial charge in [-0.3, -0.25) is 9.10 Å². The number of rotatable bonds is 9. The molecule has 29 heavy (non-hydrogen) atoms. The van der Waals surface area contributed by atoms with E-state index in [4.69, 9.17) is 0 Å². The van der Waals surface area contributed by atoms with Gasteiger partial charge in [-0.1, -0.05) is 18.2 Å². The van der Waals surface area contributed by atoms with E-state index in [1.54, 1.807) is 0 Å². The van der Waals surface area contributed by atoms with E-state index in [9.17, 15) is 17.6 Å². The standard InChI is InChI=1S/C21H28FN3O3S/c1-5-24(6-2)19-12-10-17(11-13-19)15-23-21(26)16(3)25(29(4,27)28)20-9-7-8-18(22)14-20/h7-14,16H,5-6,15H2,1-4H3,(H,23,26). The normalized spacial score (nSPS) is 12.3. The van der Waals surface area contributed by atoms with Crippen molar-refractivity contribution in [3.05, 3.63) is 59.9 Å². The molecule has 2 rings (SSSR count). The topological polar surface area (TPSA) is 69.7 Å². The van der Waals surface area contributed by atoms with Gasteiger partial charge in [0.1, 0.15) is 11.9 Å². The van der Waals surface area contributed by atoms with Gasteiger partial charge in [-0.2, -0.15) is 0 Å². The van der Waals surface area contributed by atoms with Crippen LogP contribution in [0.1, 0.15) is 26.3 Å². The lowest BCUT2D eigenvalue weighted by molar-refractivity contribution is -0.122. The molecule has 0 spiro atoms. The maximum atomic E-state index is 13.6. The van der Waals surface area contributed by atoms with Crippen molar-refractivity contribution in [2.45, 2.75) is 33.4 Å². The maximum absolute atomic E-state index is 13.6. The molecule has 0 fully saturated rings. The molecular weight excluding hydrogens is 393 g/mol. The summed E-state index contributed by atoms with van der Waals surface area (Å²) in [5.74, 6) is -1.04. The van der Waals surface area contributed by atoms with Gasteiger partial charge in [0, 0.05) is 25.3 Å². The number of sulfonamides is 1. The Kier molecular flexibility index (Phi) is 7.61. The number of nitrogens with zero attached hydrogens (tertiary/aromatic N) is 2. The third-order valence-electron chi connectivity index (χ3n) is 4.68. The van der Waals surface area contributed by atoms with E-state index in [-0.39, 0.29) is 12.2 Å². The van der Waals surface area contributed by atoms with Crippen LogP contribution in [0, 0.1) is 5.82 Å². The Hall–Kier alpha value is -2.61. The summed E-state index contributed by atoms with van der Waals surface area (Å²) in [4.78, 5) is 14.8. The second-order valence-corrected chi connectivity index (χ2v) is 8.63. The van der Waals surface area contributed by atoms with Gasteiger partial charge in [-0.05, 0) is 56.7 Å². The fourth-order valence-electron chi connectivity index (χ4n) is 3.17. The number of carbonyl (C=O) groups is 1. The minimum Gasteiger partial charge on any atom is -0.372 e. The summed E-state index contributed by atoms with van der Waals surface area (Å²) in [5.41, 5.74) is 2.12. The molecule has 1 atom stereocenters. The van der Waals surface area contributed by atoms with Gasteiger partial charge in [0.05, 0.1) is 11.9 Å². The average molecular weight is 422 g/mol. The second kappa shape index (κ2) is 9.73. The monoisotopic (exact) mass is 421 g/mol. The fourth-order valence-corrected chi connectivity index (χ4v) is 4.34. The van der Waals surface area contributed by atoms with Crippen molar-refractivity contribution in [3.63, 3.8) is 0 Å². The van der Waals surface area contributed by atoms with Crippen LogP contribution in [-0.4, -0.2) is 39.7 Å². The Bertz CT molecular complexity index is 928. The fraction of sp³-hybridized carbons (Fsp3) is 0.381. The Morgan fingerprint density at radius 1 is 1.07 bits per heavy atom. The highest BCUT2D eigenvalue weighted by atomic mass is 32.2. The molecule has 2 aromatic carbocycles. The highest BCUT2D eigenvalue weighted by Gasteiger charge is 2.29. The highest BCUT2D eigenvalue weighted by molar-refractivity contribution is 7.92. The summed E-state index contributed by atoms with van der Waals surface area (Å²) < 4.78 is 39.0. The molecule has 0 aliphatic carbocycles. The SMILES string of the molecule is CCN(CC)c1ccc(CNC(=O)C(C)N(c2cccc(F)c2)S(C)(=O)=O)cc1. The molecule has 1 N–H and O–H groups in total. The molecular formula is C21H28FN3O3S. The third kappa shape index (κ3) is 5.93. The predicted molar refractivity (Wildman–Crippen MR) is 115 cm³/mol. The van der Waals surface area contributed by atoms with E-state index in [2.05, 4.69) is 24.1 Å². The molecule has 0 aromatic heterocycles. The lowest BCUT2D eigenvalue weighted by Crippen LogP contribution is -2.47. The van der Waals surface area contributed by atoms with Gasteiger partial charge in [0.25, 0.3) is 0 Å². The van der Waals surface area contributed by atoms with Gasteiger partial charge in [0.2, 0.25) is 15.9 Å². The molecule has 0 saturated carbocycles. The van der Waals surface area contributed by atoms with Crippen molar-refractivity contribution in [1.82, 2.24) is 5.32 Å². The van der Waals surface area contributed by atoms with Crippen LogP contribution in [-0.2, 0) is 21.4 Å². The summed E-state index contributed by atoms with van der Waals surface area (Å²) in [6.45, 7) is 7.74. The number of hydrogen-bond donors (Lipinski definition) is 1. The summed E-state index contributed by atoms with van der Waals surface area (Å²) in [6, 6.07) is 12.0. The quantitative estimate of drug-likeness (QED) is 0.675. The molecule has 6 nitrogen and oxygen atoms in total. The molecule has 0 aliphatic heterocycles. The zero-order valence-corrected chi connectivity index (χ0v) is 18.0. The lowest BCUT2D eigenvalue weighted by Gasteiger charge is -2.28. The largest absolute Gasteiger partial charge is 0.372 e. The van der Waals surface area contributed by atoms with Crippen molar-refractivity contribution in [2.75, 3.05) is 28.6 Å². The molecule has 0 radical (unpaired) electrons. The zero-order valence-electron chi connectivity index (χ0n) is 17.2. The first-order valence-corrected chi connectivity index (χ1v) is 11.4. The minimum atomic E-state index is -3.78. The first-order valence-electron chi connectivity index (χ1n) is 9.54. The number of benzene rings is 2. The van der Waals surface area contributed by atoms with Crippen LogP contribution >= 0.6 is 0 Å². The van der Waals surface area contributed by atoms with Gasteiger partial charge in [-0.15, -0.1) is 0 Å². The zero-order chi connectivity index (χ0) is 21.6. The summed E-state index contributed by atoms with van der Waals surface area (Å²) in [5, 5.41) is 2.76. The van der Waals surface area contributed by atoms with E-state index in [1.165, 1.54) is 25.1 Å². The van der Waals surface area contributed by atoms with E-state index in [0.29, 0.717) is 0 Å². The number of carbonyl (C=O) groups excluding carboxylic acids is 1.